The number of amides is 2. The van der Waals surface area contributed by atoms with E-state index in [9.17, 15) is 18.0 Å². The molecule has 30 heavy (non-hydrogen) atoms. The molecule has 1 aliphatic rings. The molecule has 1 heterocycles. The topological polar surface area (TPSA) is 100 Å². The van der Waals surface area contributed by atoms with Crippen LogP contribution in [0.25, 0.3) is 0 Å². The molecule has 2 amide bonds. The van der Waals surface area contributed by atoms with Gasteiger partial charge in [-0.1, -0.05) is 0 Å². The van der Waals surface area contributed by atoms with Crippen molar-refractivity contribution in [3.8, 4) is 0 Å². The van der Waals surface area contributed by atoms with Gasteiger partial charge in [-0.3, -0.25) is 9.84 Å². The minimum Gasteiger partial charge on any atom is -0.399 e. The van der Waals surface area contributed by atoms with Crippen LogP contribution in [0.2, 0.25) is 0 Å². The van der Waals surface area contributed by atoms with E-state index in [0.717, 1.165) is 44.4 Å². The van der Waals surface area contributed by atoms with E-state index in [1.165, 1.54) is 6.07 Å². The highest BCUT2D eigenvalue weighted by atomic mass is 19.4. The maximum absolute atomic E-state index is 12.9. The van der Waals surface area contributed by atoms with Crippen molar-refractivity contribution in [3.05, 3.63) is 30.0 Å². The third kappa shape index (κ3) is 5.85. The van der Waals surface area contributed by atoms with E-state index in [4.69, 9.17) is 10.3 Å². The fourth-order valence-electron chi connectivity index (χ4n) is 3.76. The van der Waals surface area contributed by atoms with Gasteiger partial charge in [-0.25, -0.2) is 4.79 Å². The third-order valence-electron chi connectivity index (χ3n) is 5.07. The fourth-order valence-corrected chi connectivity index (χ4v) is 3.76. The minimum atomic E-state index is -4.57. The van der Waals surface area contributed by atoms with Crippen LogP contribution in [0, 0.1) is 5.92 Å². The van der Waals surface area contributed by atoms with Gasteiger partial charge in [0.2, 0.25) is 5.27 Å². The van der Waals surface area contributed by atoms with Crippen LogP contribution >= 0.6 is 0 Å². The summed E-state index contributed by atoms with van der Waals surface area (Å²) >= 11 is 0. The summed E-state index contributed by atoms with van der Waals surface area (Å²) in [4.78, 5) is 14.3. The molecule has 2 aromatic rings. The standard InChI is InChI=1S/C19H25F3N6O2/c1-27(2)10-12-3-5-16(6-4-12)28-11-17(30-26-28)25-18(29)24-15-8-13(19(20,21)22)7-14(23)9-15/h7-9,11-12,16H,3-6,10,23H2,1-2H3,(H-,24,25,26,29)/p+1. The van der Waals surface area contributed by atoms with Crippen LogP contribution in [0.4, 0.5) is 35.2 Å². The summed E-state index contributed by atoms with van der Waals surface area (Å²) in [5, 5.41) is 8.72. The second-order valence-electron chi connectivity index (χ2n) is 7.90. The summed E-state index contributed by atoms with van der Waals surface area (Å²) in [6.07, 6.45) is 1.11. The molecule has 0 unspecified atom stereocenters. The van der Waals surface area contributed by atoms with Crippen LogP contribution in [0.3, 0.4) is 0 Å². The Morgan fingerprint density at radius 3 is 2.57 bits per heavy atom. The molecule has 1 aromatic heterocycles. The van der Waals surface area contributed by atoms with Gasteiger partial charge in [0.25, 0.3) is 6.20 Å². The molecular weight excluding hydrogens is 401 g/mol. The predicted octanol–water partition coefficient (Wildman–Crippen LogP) is 3.50. The molecule has 1 fully saturated rings. The molecule has 164 valence electrons. The van der Waals surface area contributed by atoms with Gasteiger partial charge in [0, 0.05) is 30.8 Å². The van der Waals surface area contributed by atoms with Gasteiger partial charge in [-0.2, -0.15) is 13.2 Å². The Labute approximate surface area is 172 Å². The van der Waals surface area contributed by atoms with Gasteiger partial charge in [-0.05, 0) is 55.7 Å². The van der Waals surface area contributed by atoms with E-state index in [2.05, 4.69) is 34.9 Å². The zero-order chi connectivity index (χ0) is 21.9. The number of carbonyl (C=O) groups excluding carboxylic acids is 1. The van der Waals surface area contributed by atoms with Crippen molar-refractivity contribution >= 4 is 23.3 Å². The largest absolute Gasteiger partial charge is 0.416 e. The van der Waals surface area contributed by atoms with Crippen LogP contribution in [-0.4, -0.2) is 36.8 Å². The van der Waals surface area contributed by atoms with E-state index < -0.39 is 17.8 Å². The van der Waals surface area contributed by atoms with Gasteiger partial charge in [-0.15, -0.1) is 0 Å². The molecule has 0 bridgehead atoms. The number of nitrogen functional groups attached to an aromatic ring is 1. The Bertz CT molecular complexity index is 875. The number of anilines is 3. The Morgan fingerprint density at radius 2 is 1.93 bits per heavy atom. The summed E-state index contributed by atoms with van der Waals surface area (Å²) in [6.45, 7) is 1.06. The van der Waals surface area contributed by atoms with E-state index in [0.29, 0.717) is 5.92 Å². The van der Waals surface area contributed by atoms with Crippen molar-refractivity contribution in [1.29, 1.82) is 0 Å². The van der Waals surface area contributed by atoms with Gasteiger partial charge in [0.1, 0.15) is 0 Å². The van der Waals surface area contributed by atoms with E-state index in [-0.39, 0.29) is 23.3 Å². The lowest BCUT2D eigenvalue weighted by molar-refractivity contribution is -0.787. The van der Waals surface area contributed by atoms with Crippen molar-refractivity contribution in [1.82, 2.24) is 10.2 Å². The highest BCUT2D eigenvalue weighted by molar-refractivity contribution is 5.99. The van der Waals surface area contributed by atoms with Crippen LogP contribution in [0.5, 0.6) is 0 Å². The summed E-state index contributed by atoms with van der Waals surface area (Å²) in [7, 11) is 4.13. The van der Waals surface area contributed by atoms with Crippen molar-refractivity contribution in [2.45, 2.75) is 37.9 Å². The van der Waals surface area contributed by atoms with Crippen LogP contribution in [0.15, 0.2) is 28.9 Å². The quantitative estimate of drug-likeness (QED) is 0.501. The smallest absolute Gasteiger partial charge is 0.399 e. The monoisotopic (exact) mass is 427 g/mol. The normalized spacial score (nSPS) is 19.7. The summed E-state index contributed by atoms with van der Waals surface area (Å²) in [6, 6.07) is 2.28. The van der Waals surface area contributed by atoms with Crippen molar-refractivity contribution in [2.75, 3.05) is 37.0 Å². The van der Waals surface area contributed by atoms with Crippen molar-refractivity contribution < 1.29 is 27.2 Å². The Morgan fingerprint density at radius 1 is 1.23 bits per heavy atom. The number of hydrogen-bond donors (Lipinski definition) is 3. The summed E-state index contributed by atoms with van der Waals surface area (Å²) in [5.41, 5.74) is 4.37. The summed E-state index contributed by atoms with van der Waals surface area (Å²) < 4.78 is 45.5. The molecule has 1 saturated carbocycles. The molecule has 1 aromatic carbocycles. The molecule has 0 saturated heterocycles. The molecular formula is C19H26F3N6O2+. The van der Waals surface area contributed by atoms with Gasteiger partial charge in [0.15, 0.2) is 6.04 Å². The lowest BCUT2D eigenvalue weighted by atomic mass is 9.86. The SMILES string of the molecule is CN(C)CC1CCC([n+]2cc(NC(=O)Nc3cc(N)cc(C(F)(F)F)c3)on2)CC1. The molecule has 4 N–H and O–H groups in total. The first-order valence-corrected chi connectivity index (χ1v) is 9.69. The van der Waals surface area contributed by atoms with Crippen molar-refractivity contribution in [2.24, 2.45) is 5.92 Å². The highest BCUT2D eigenvalue weighted by Crippen LogP contribution is 2.33. The predicted molar refractivity (Wildman–Crippen MR) is 105 cm³/mol. The zero-order valence-corrected chi connectivity index (χ0v) is 16.9. The van der Waals surface area contributed by atoms with Gasteiger partial charge < -0.3 is 16.0 Å². The molecule has 1 aliphatic carbocycles. The first kappa shape index (κ1) is 21.9. The highest BCUT2D eigenvalue weighted by Gasteiger charge is 2.32. The number of aromatic nitrogens is 2. The van der Waals surface area contributed by atoms with E-state index >= 15 is 0 Å². The number of nitrogens with zero attached hydrogens (tertiary/aromatic N) is 3. The second-order valence-corrected chi connectivity index (χ2v) is 7.90. The number of halogens is 3. The number of benzene rings is 1. The van der Waals surface area contributed by atoms with Crippen LogP contribution < -0.4 is 21.0 Å². The average molecular weight is 427 g/mol. The minimum absolute atomic E-state index is 0.0774. The van der Waals surface area contributed by atoms with E-state index in [1.807, 2.05) is 0 Å². The van der Waals surface area contributed by atoms with Crippen LogP contribution in [-0.2, 0) is 6.18 Å². The first-order chi connectivity index (χ1) is 14.1. The number of nitrogens with one attached hydrogen (secondary N) is 2. The molecule has 3 rings (SSSR count). The number of hydrogen-bond acceptors (Lipinski definition) is 5. The average Bonchev–Trinajstić information content (AvgIpc) is 3.09. The number of alkyl halides is 3. The molecule has 0 radical (unpaired) electrons. The zero-order valence-electron chi connectivity index (χ0n) is 16.9. The first-order valence-electron chi connectivity index (χ1n) is 9.69. The van der Waals surface area contributed by atoms with Crippen LogP contribution in [0.1, 0.15) is 37.3 Å². The lowest BCUT2D eigenvalue weighted by Gasteiger charge is -2.26. The number of nitrogens with two attached hydrogens (primary N) is 1. The Hall–Kier alpha value is -2.82. The van der Waals surface area contributed by atoms with E-state index in [1.54, 1.807) is 10.9 Å². The maximum atomic E-state index is 12.9. The molecule has 0 atom stereocenters. The molecule has 11 heteroatoms. The van der Waals surface area contributed by atoms with Gasteiger partial charge >= 0.3 is 18.1 Å². The second kappa shape index (κ2) is 8.90. The molecule has 0 aliphatic heterocycles. The Kier molecular flexibility index (Phi) is 6.49. The summed E-state index contributed by atoms with van der Waals surface area (Å²) in [5.74, 6) is 0.759. The lowest BCUT2D eigenvalue weighted by Crippen LogP contribution is -2.43. The maximum Gasteiger partial charge on any atom is 0.416 e. The number of rotatable bonds is 5. The number of urea groups is 1. The molecule has 8 nitrogen and oxygen atoms in total. The van der Waals surface area contributed by atoms with Crippen molar-refractivity contribution in [3.63, 3.8) is 0 Å². The third-order valence-corrected chi connectivity index (χ3v) is 5.07. The fraction of sp³-hybridized carbons (Fsp3) is 0.526. The number of carbonyl (C=O) groups is 1. The van der Waals surface area contributed by atoms with Gasteiger partial charge in [0.05, 0.1) is 5.56 Å². The molecule has 0 spiro atoms. The Balaban J connectivity index is 1.56.